The van der Waals surface area contributed by atoms with Crippen LogP contribution in [0.1, 0.15) is 12.5 Å². The zero-order valence-electron chi connectivity index (χ0n) is 13.7. The Morgan fingerprint density at radius 3 is 2.88 bits per heavy atom. The summed E-state index contributed by atoms with van der Waals surface area (Å²) in [4.78, 5) is 18.3. The van der Waals surface area contributed by atoms with Crippen LogP contribution in [-0.4, -0.2) is 36.7 Å². The number of morpholine rings is 1. The predicted octanol–water partition coefficient (Wildman–Crippen LogP) is 2.96. The van der Waals surface area contributed by atoms with Crippen molar-refractivity contribution in [1.29, 1.82) is 0 Å². The summed E-state index contributed by atoms with van der Waals surface area (Å²) >= 11 is 0. The van der Waals surface area contributed by atoms with Gasteiger partial charge in [-0.2, -0.15) is 0 Å². The zero-order chi connectivity index (χ0) is 16.8. The van der Waals surface area contributed by atoms with E-state index in [1.807, 2.05) is 36.4 Å². The van der Waals surface area contributed by atoms with Gasteiger partial charge in [0.2, 0.25) is 5.91 Å². The Balaban J connectivity index is 1.57. The monoisotopic (exact) mass is 323 g/mol. The molecule has 5 nitrogen and oxygen atoms in total. The van der Waals surface area contributed by atoms with E-state index in [1.54, 1.807) is 18.5 Å². The van der Waals surface area contributed by atoms with Crippen LogP contribution < -0.4 is 10.2 Å². The fourth-order valence-corrected chi connectivity index (χ4v) is 2.64. The van der Waals surface area contributed by atoms with Crippen LogP contribution in [0.2, 0.25) is 0 Å². The molecule has 3 rings (SSSR count). The summed E-state index contributed by atoms with van der Waals surface area (Å²) in [6.07, 6.45) is 6.91. The number of hydrogen-bond donors (Lipinski definition) is 1. The van der Waals surface area contributed by atoms with E-state index in [-0.39, 0.29) is 12.0 Å². The van der Waals surface area contributed by atoms with E-state index in [9.17, 15) is 4.79 Å². The van der Waals surface area contributed by atoms with Gasteiger partial charge in [-0.3, -0.25) is 9.78 Å². The van der Waals surface area contributed by atoms with Gasteiger partial charge in [-0.15, -0.1) is 0 Å². The summed E-state index contributed by atoms with van der Waals surface area (Å²) in [5, 5.41) is 2.86. The fraction of sp³-hybridized carbons (Fsp3) is 0.263. The molecular weight excluding hydrogens is 302 g/mol. The van der Waals surface area contributed by atoms with E-state index in [1.165, 1.54) is 6.08 Å². The molecule has 0 unspecified atom stereocenters. The molecule has 5 heteroatoms. The molecule has 1 atom stereocenters. The van der Waals surface area contributed by atoms with Crippen molar-refractivity contribution < 1.29 is 9.53 Å². The van der Waals surface area contributed by atoms with Crippen LogP contribution in [0.15, 0.2) is 54.9 Å². The molecule has 1 fully saturated rings. The van der Waals surface area contributed by atoms with Gasteiger partial charge in [-0.25, -0.2) is 0 Å². The molecule has 0 spiro atoms. The maximum atomic E-state index is 12.0. The SMILES string of the molecule is C[C@@H]1CN(c2ccc(NC(=O)/C=C\c3cccnc3)cc2)CCO1. The topological polar surface area (TPSA) is 54.5 Å². The first-order valence-corrected chi connectivity index (χ1v) is 8.06. The average Bonchev–Trinajstić information content (AvgIpc) is 2.61. The number of rotatable bonds is 4. The molecule has 0 saturated carbocycles. The van der Waals surface area contributed by atoms with E-state index in [2.05, 4.69) is 22.1 Å². The minimum absolute atomic E-state index is 0.161. The van der Waals surface area contributed by atoms with Gasteiger partial charge in [-0.1, -0.05) is 6.07 Å². The Hall–Kier alpha value is -2.66. The number of hydrogen-bond acceptors (Lipinski definition) is 4. The minimum Gasteiger partial charge on any atom is -0.375 e. The number of pyridine rings is 1. The second-order valence-corrected chi connectivity index (χ2v) is 5.78. The lowest BCUT2D eigenvalue weighted by molar-refractivity contribution is -0.111. The highest BCUT2D eigenvalue weighted by atomic mass is 16.5. The van der Waals surface area contributed by atoms with Crippen LogP contribution in [0.3, 0.4) is 0 Å². The number of benzene rings is 1. The van der Waals surface area contributed by atoms with E-state index in [0.29, 0.717) is 0 Å². The van der Waals surface area contributed by atoms with Crippen LogP contribution in [0.4, 0.5) is 11.4 Å². The zero-order valence-corrected chi connectivity index (χ0v) is 13.7. The first-order valence-electron chi connectivity index (χ1n) is 8.06. The molecule has 124 valence electrons. The van der Waals surface area contributed by atoms with Gasteiger partial charge in [0.25, 0.3) is 0 Å². The quantitative estimate of drug-likeness (QED) is 0.879. The molecule has 1 aromatic heterocycles. The molecule has 2 heterocycles. The highest BCUT2D eigenvalue weighted by Crippen LogP contribution is 2.20. The van der Waals surface area contributed by atoms with Crippen molar-refractivity contribution in [3.05, 3.63) is 60.4 Å². The lowest BCUT2D eigenvalue weighted by atomic mass is 10.2. The highest BCUT2D eigenvalue weighted by molar-refractivity contribution is 6.01. The standard InChI is InChI=1S/C19H21N3O2/c1-15-14-22(11-12-24-15)18-7-5-17(6-8-18)21-19(23)9-4-16-3-2-10-20-13-16/h2-10,13,15H,11-12,14H2,1H3,(H,21,23)/b9-4-/t15-/m1/s1. The van der Waals surface area contributed by atoms with Crippen LogP contribution in [0.25, 0.3) is 6.08 Å². The summed E-state index contributed by atoms with van der Waals surface area (Å²) in [5.74, 6) is -0.161. The Labute approximate surface area is 142 Å². The van der Waals surface area contributed by atoms with Gasteiger partial charge < -0.3 is 15.0 Å². The maximum Gasteiger partial charge on any atom is 0.248 e. The van der Waals surface area contributed by atoms with Crippen LogP contribution in [-0.2, 0) is 9.53 Å². The second kappa shape index (κ2) is 7.75. The number of amides is 1. The molecule has 0 aliphatic carbocycles. The number of ether oxygens (including phenoxy) is 1. The van der Waals surface area contributed by atoms with Crippen molar-refractivity contribution >= 4 is 23.4 Å². The third-order valence-electron chi connectivity index (χ3n) is 3.85. The van der Waals surface area contributed by atoms with E-state index in [0.717, 1.165) is 36.6 Å². The summed E-state index contributed by atoms with van der Waals surface area (Å²) in [5.41, 5.74) is 2.82. The van der Waals surface area contributed by atoms with Crippen LogP contribution in [0, 0.1) is 0 Å². The van der Waals surface area contributed by atoms with Crippen molar-refractivity contribution in [2.24, 2.45) is 0 Å². The van der Waals surface area contributed by atoms with Gasteiger partial charge >= 0.3 is 0 Å². The molecule has 1 N–H and O–H groups in total. The third kappa shape index (κ3) is 4.43. The number of aromatic nitrogens is 1. The maximum absolute atomic E-state index is 12.0. The number of anilines is 2. The van der Waals surface area contributed by atoms with Crippen molar-refractivity contribution in [2.45, 2.75) is 13.0 Å². The smallest absolute Gasteiger partial charge is 0.248 e. The number of nitrogens with zero attached hydrogens (tertiary/aromatic N) is 2. The van der Waals surface area contributed by atoms with Gasteiger partial charge in [0, 0.05) is 42.9 Å². The second-order valence-electron chi connectivity index (χ2n) is 5.78. The number of carbonyl (C=O) groups is 1. The molecular formula is C19H21N3O2. The number of carbonyl (C=O) groups excluding carboxylic acids is 1. The molecule has 24 heavy (non-hydrogen) atoms. The molecule has 1 aliphatic rings. The third-order valence-corrected chi connectivity index (χ3v) is 3.85. The van der Waals surface area contributed by atoms with E-state index >= 15 is 0 Å². The largest absolute Gasteiger partial charge is 0.375 e. The molecule has 1 aliphatic heterocycles. The Bertz CT molecular complexity index is 698. The Morgan fingerprint density at radius 1 is 1.33 bits per heavy atom. The van der Waals surface area contributed by atoms with Gasteiger partial charge in [0.1, 0.15) is 0 Å². The molecule has 1 amide bonds. The first kappa shape index (κ1) is 16.2. The summed E-state index contributed by atoms with van der Waals surface area (Å²) in [7, 11) is 0. The summed E-state index contributed by atoms with van der Waals surface area (Å²) in [6, 6.07) is 11.6. The number of nitrogens with one attached hydrogen (secondary N) is 1. The van der Waals surface area contributed by atoms with Crippen LogP contribution in [0.5, 0.6) is 0 Å². The van der Waals surface area contributed by atoms with Gasteiger partial charge in [0.15, 0.2) is 0 Å². The highest BCUT2D eigenvalue weighted by Gasteiger charge is 2.16. The predicted molar refractivity (Wildman–Crippen MR) is 96.0 cm³/mol. The lowest BCUT2D eigenvalue weighted by Gasteiger charge is -2.33. The van der Waals surface area contributed by atoms with Gasteiger partial charge in [0.05, 0.1) is 12.7 Å². The first-order chi connectivity index (χ1) is 11.7. The average molecular weight is 323 g/mol. The van der Waals surface area contributed by atoms with Crippen molar-refractivity contribution in [1.82, 2.24) is 4.98 Å². The normalized spacial score (nSPS) is 17.9. The fourth-order valence-electron chi connectivity index (χ4n) is 2.64. The Kier molecular flexibility index (Phi) is 5.23. The molecule has 2 aromatic rings. The minimum atomic E-state index is -0.161. The lowest BCUT2D eigenvalue weighted by Crippen LogP contribution is -2.41. The summed E-state index contributed by atoms with van der Waals surface area (Å²) < 4.78 is 5.56. The summed E-state index contributed by atoms with van der Waals surface area (Å²) in [6.45, 7) is 4.61. The Morgan fingerprint density at radius 2 is 2.17 bits per heavy atom. The molecule has 0 bridgehead atoms. The van der Waals surface area contributed by atoms with Crippen molar-refractivity contribution in [3.8, 4) is 0 Å². The van der Waals surface area contributed by atoms with E-state index < -0.39 is 0 Å². The van der Waals surface area contributed by atoms with Crippen molar-refractivity contribution in [3.63, 3.8) is 0 Å². The molecule has 1 aromatic carbocycles. The molecule has 1 saturated heterocycles. The molecule has 0 radical (unpaired) electrons. The van der Waals surface area contributed by atoms with Crippen molar-refractivity contribution in [2.75, 3.05) is 29.9 Å². The van der Waals surface area contributed by atoms with Gasteiger partial charge in [-0.05, 0) is 48.9 Å². The van der Waals surface area contributed by atoms with E-state index in [4.69, 9.17) is 4.74 Å². The van der Waals surface area contributed by atoms with Crippen LogP contribution >= 0.6 is 0 Å².